The lowest BCUT2D eigenvalue weighted by Crippen LogP contribution is -2.62. The van der Waals surface area contributed by atoms with Crippen LogP contribution in [-0.4, -0.2) is 36.8 Å². The number of methoxy groups -OCH3 is 1. The van der Waals surface area contributed by atoms with Gasteiger partial charge in [0.25, 0.3) is 0 Å². The predicted molar refractivity (Wildman–Crippen MR) is 97.5 cm³/mol. The van der Waals surface area contributed by atoms with E-state index in [1.165, 1.54) is 0 Å². The van der Waals surface area contributed by atoms with Gasteiger partial charge in [-0.1, -0.05) is 18.2 Å². The number of rotatable bonds is 5. The van der Waals surface area contributed by atoms with Crippen molar-refractivity contribution in [3.63, 3.8) is 0 Å². The van der Waals surface area contributed by atoms with Crippen LogP contribution >= 0.6 is 0 Å². The number of hydrogen-bond acceptors (Lipinski definition) is 3. The first-order valence-corrected chi connectivity index (χ1v) is 8.66. The summed E-state index contributed by atoms with van der Waals surface area (Å²) in [6.07, 6.45) is 2.60. The third kappa shape index (κ3) is 5.41. The molecule has 0 unspecified atom stereocenters. The Morgan fingerprint density at radius 3 is 2.46 bits per heavy atom. The lowest BCUT2D eigenvalue weighted by molar-refractivity contribution is 0.147. The van der Waals surface area contributed by atoms with Gasteiger partial charge in [-0.3, -0.25) is 0 Å². The molecule has 1 fully saturated rings. The first-order valence-electron chi connectivity index (χ1n) is 8.66. The van der Waals surface area contributed by atoms with Gasteiger partial charge in [0.1, 0.15) is 5.75 Å². The molecule has 1 heterocycles. The van der Waals surface area contributed by atoms with Crippen molar-refractivity contribution in [2.75, 3.05) is 13.7 Å². The van der Waals surface area contributed by atoms with Crippen LogP contribution in [0.25, 0.3) is 0 Å². The van der Waals surface area contributed by atoms with Crippen LogP contribution in [0.1, 0.15) is 46.1 Å². The number of carbonyl (C=O) groups is 1. The highest BCUT2D eigenvalue weighted by molar-refractivity contribution is 5.74. The Morgan fingerprint density at radius 1 is 1.21 bits per heavy atom. The Hall–Kier alpha value is -1.75. The van der Waals surface area contributed by atoms with Crippen LogP contribution in [0, 0.1) is 0 Å². The molecule has 2 rings (SSSR count). The molecule has 24 heavy (non-hydrogen) atoms. The van der Waals surface area contributed by atoms with Gasteiger partial charge in [0, 0.05) is 23.7 Å². The van der Waals surface area contributed by atoms with E-state index in [0.29, 0.717) is 6.54 Å². The van der Waals surface area contributed by atoms with E-state index >= 15 is 0 Å². The fourth-order valence-corrected chi connectivity index (χ4v) is 3.88. The molecule has 1 aromatic carbocycles. The van der Waals surface area contributed by atoms with Crippen molar-refractivity contribution in [3.8, 4) is 5.75 Å². The Kier molecular flexibility index (Phi) is 5.75. The molecule has 2 amide bonds. The smallest absolute Gasteiger partial charge is 0.315 e. The van der Waals surface area contributed by atoms with E-state index in [1.807, 2.05) is 24.3 Å². The van der Waals surface area contributed by atoms with Crippen molar-refractivity contribution in [3.05, 3.63) is 29.8 Å². The van der Waals surface area contributed by atoms with E-state index in [2.05, 4.69) is 43.6 Å². The fourth-order valence-electron chi connectivity index (χ4n) is 3.88. The zero-order chi connectivity index (χ0) is 17.8. The Morgan fingerprint density at radius 2 is 1.83 bits per heavy atom. The summed E-state index contributed by atoms with van der Waals surface area (Å²) in [4.78, 5) is 12.2. The maximum Gasteiger partial charge on any atom is 0.315 e. The number of ether oxygens (including phenoxy) is 1. The summed E-state index contributed by atoms with van der Waals surface area (Å²) in [5.74, 6) is 0.863. The maximum atomic E-state index is 12.2. The monoisotopic (exact) mass is 333 g/mol. The van der Waals surface area contributed by atoms with E-state index in [-0.39, 0.29) is 23.2 Å². The minimum Gasteiger partial charge on any atom is -0.496 e. The molecule has 3 N–H and O–H groups in total. The summed E-state index contributed by atoms with van der Waals surface area (Å²) >= 11 is 0. The van der Waals surface area contributed by atoms with Crippen LogP contribution in [0.2, 0.25) is 0 Å². The summed E-state index contributed by atoms with van der Waals surface area (Å²) in [5, 5.41) is 9.71. The summed E-state index contributed by atoms with van der Waals surface area (Å²) in [5.41, 5.74) is 1.15. The van der Waals surface area contributed by atoms with Gasteiger partial charge >= 0.3 is 6.03 Å². The molecule has 1 saturated heterocycles. The number of carbonyl (C=O) groups excluding carboxylic acids is 1. The van der Waals surface area contributed by atoms with Gasteiger partial charge in [-0.15, -0.1) is 0 Å². The number of hydrogen-bond donors (Lipinski definition) is 3. The topological polar surface area (TPSA) is 62.4 Å². The van der Waals surface area contributed by atoms with E-state index in [4.69, 9.17) is 4.74 Å². The average Bonchev–Trinajstić information content (AvgIpc) is 2.44. The number of para-hydroxylation sites is 1. The molecule has 0 radical (unpaired) electrons. The first kappa shape index (κ1) is 18.6. The highest BCUT2D eigenvalue weighted by atomic mass is 16.5. The molecule has 5 heteroatoms. The first-order chi connectivity index (χ1) is 11.2. The molecule has 1 aliphatic rings. The molecular formula is C19H31N3O2. The number of piperidine rings is 1. The Bertz CT molecular complexity index is 553. The van der Waals surface area contributed by atoms with Crippen molar-refractivity contribution >= 4 is 6.03 Å². The zero-order valence-electron chi connectivity index (χ0n) is 15.5. The quantitative estimate of drug-likeness (QED) is 0.776. The molecule has 0 saturated carbocycles. The highest BCUT2D eigenvalue weighted by Crippen LogP contribution is 2.28. The van der Waals surface area contributed by atoms with Crippen LogP contribution in [-0.2, 0) is 6.42 Å². The lowest BCUT2D eigenvalue weighted by Gasteiger charge is -2.46. The molecular weight excluding hydrogens is 302 g/mol. The van der Waals surface area contributed by atoms with Gasteiger partial charge in [-0.2, -0.15) is 0 Å². The largest absolute Gasteiger partial charge is 0.496 e. The van der Waals surface area contributed by atoms with E-state index in [9.17, 15) is 4.79 Å². The summed E-state index contributed by atoms with van der Waals surface area (Å²) < 4.78 is 5.33. The predicted octanol–water partition coefficient (Wildman–Crippen LogP) is 2.85. The van der Waals surface area contributed by atoms with Crippen LogP contribution < -0.4 is 20.7 Å². The molecule has 0 aliphatic carbocycles. The summed E-state index contributed by atoms with van der Waals surface area (Å²) in [6.45, 7) is 9.32. The summed E-state index contributed by atoms with van der Waals surface area (Å²) in [7, 11) is 1.67. The second-order valence-corrected chi connectivity index (χ2v) is 7.96. The molecule has 0 bridgehead atoms. The molecule has 1 aromatic rings. The Balaban J connectivity index is 1.81. The lowest BCUT2D eigenvalue weighted by atomic mass is 9.80. The van der Waals surface area contributed by atoms with Gasteiger partial charge in [0.05, 0.1) is 7.11 Å². The molecule has 134 valence electrons. The van der Waals surface area contributed by atoms with Crippen LogP contribution in [0.5, 0.6) is 5.75 Å². The van der Waals surface area contributed by atoms with Crippen molar-refractivity contribution in [1.82, 2.24) is 16.0 Å². The van der Waals surface area contributed by atoms with Gasteiger partial charge in [0.2, 0.25) is 0 Å². The third-order valence-electron chi connectivity index (χ3n) is 4.40. The molecule has 5 nitrogen and oxygen atoms in total. The zero-order valence-corrected chi connectivity index (χ0v) is 15.5. The Labute approximate surface area is 145 Å². The van der Waals surface area contributed by atoms with Crippen molar-refractivity contribution in [1.29, 1.82) is 0 Å². The second kappa shape index (κ2) is 7.43. The van der Waals surface area contributed by atoms with E-state index in [0.717, 1.165) is 30.6 Å². The fraction of sp³-hybridized carbons (Fsp3) is 0.632. The minimum absolute atomic E-state index is 0.0249. The normalized spacial score (nSPS) is 19.5. The van der Waals surface area contributed by atoms with E-state index < -0.39 is 0 Å². The number of urea groups is 1. The highest BCUT2D eigenvalue weighted by Gasteiger charge is 2.38. The van der Waals surface area contributed by atoms with Crippen molar-refractivity contribution in [2.45, 2.75) is 64.1 Å². The minimum atomic E-state index is -0.0941. The van der Waals surface area contributed by atoms with Crippen molar-refractivity contribution in [2.24, 2.45) is 0 Å². The standard InChI is InChI=1S/C19H31N3O2/c1-18(2)12-15(13-19(3,4)22-18)21-17(23)20-11-10-14-8-6-7-9-16(14)24-5/h6-9,15,22H,10-13H2,1-5H3,(H2,20,21,23). The van der Waals surface area contributed by atoms with Gasteiger partial charge in [-0.05, 0) is 58.6 Å². The number of amides is 2. The molecule has 0 aromatic heterocycles. The molecule has 1 aliphatic heterocycles. The van der Waals surface area contributed by atoms with Gasteiger partial charge in [0.15, 0.2) is 0 Å². The maximum absolute atomic E-state index is 12.2. The second-order valence-electron chi connectivity index (χ2n) is 7.96. The number of nitrogens with one attached hydrogen (secondary N) is 3. The van der Waals surface area contributed by atoms with Crippen LogP contribution in [0.4, 0.5) is 4.79 Å². The van der Waals surface area contributed by atoms with Crippen LogP contribution in [0.15, 0.2) is 24.3 Å². The molecule has 0 atom stereocenters. The summed E-state index contributed by atoms with van der Waals surface area (Å²) in [6, 6.07) is 7.98. The SMILES string of the molecule is COc1ccccc1CCNC(=O)NC1CC(C)(C)NC(C)(C)C1. The third-order valence-corrected chi connectivity index (χ3v) is 4.40. The average molecular weight is 333 g/mol. The van der Waals surface area contributed by atoms with Crippen molar-refractivity contribution < 1.29 is 9.53 Å². The van der Waals surface area contributed by atoms with Crippen LogP contribution in [0.3, 0.4) is 0 Å². The van der Waals surface area contributed by atoms with E-state index in [1.54, 1.807) is 7.11 Å². The van der Waals surface area contributed by atoms with Gasteiger partial charge < -0.3 is 20.7 Å². The van der Waals surface area contributed by atoms with Gasteiger partial charge in [-0.25, -0.2) is 4.79 Å². The molecule has 0 spiro atoms. The number of benzene rings is 1.